The van der Waals surface area contributed by atoms with Crippen molar-refractivity contribution in [2.75, 3.05) is 0 Å². The molecule has 7 rings (SSSR count). The van der Waals surface area contributed by atoms with Gasteiger partial charge in [0.05, 0.1) is 21.8 Å². The predicted molar refractivity (Wildman–Crippen MR) is 170 cm³/mol. The molecule has 260 valence electrons. The molecule has 2 saturated heterocycles. The normalized spacial score (nSPS) is 35.6. The molecule has 49 heavy (non-hydrogen) atoms. The minimum absolute atomic E-state index is 0.00312. The van der Waals surface area contributed by atoms with Gasteiger partial charge < -0.3 is 28.1 Å². The lowest BCUT2D eigenvalue weighted by Gasteiger charge is -2.45. The molecular formula is C37H41NO11. The average Bonchev–Trinajstić information content (AvgIpc) is 3.49. The number of carbonyl (C=O) groups excluding carboxylic acids is 4. The summed E-state index contributed by atoms with van der Waals surface area (Å²) in [7, 11) is 0. The average molecular weight is 676 g/mol. The van der Waals surface area contributed by atoms with Gasteiger partial charge >= 0.3 is 23.9 Å². The van der Waals surface area contributed by atoms with Crippen molar-refractivity contribution in [1.29, 1.82) is 5.26 Å². The Morgan fingerprint density at radius 3 is 1.80 bits per heavy atom. The van der Waals surface area contributed by atoms with Crippen molar-refractivity contribution in [2.45, 2.75) is 123 Å². The summed E-state index contributed by atoms with van der Waals surface area (Å²) in [5.74, 6) is -2.33. The fourth-order valence-electron chi connectivity index (χ4n) is 9.03. The Hall–Kier alpha value is -4.40. The van der Waals surface area contributed by atoms with Gasteiger partial charge in [-0.25, -0.2) is 9.59 Å². The van der Waals surface area contributed by atoms with Crippen LogP contribution in [0.15, 0.2) is 21.3 Å². The third kappa shape index (κ3) is 3.66. The predicted octanol–water partition coefficient (Wildman–Crippen LogP) is 5.14. The number of hydrogen-bond acceptors (Lipinski definition) is 12. The summed E-state index contributed by atoms with van der Waals surface area (Å²) in [5, 5.41) is 9.82. The van der Waals surface area contributed by atoms with Crippen molar-refractivity contribution in [3.05, 3.63) is 39.2 Å². The van der Waals surface area contributed by atoms with E-state index in [1.165, 1.54) is 12.1 Å². The molecule has 1 aromatic heterocycles. The van der Waals surface area contributed by atoms with E-state index < -0.39 is 80.0 Å². The van der Waals surface area contributed by atoms with E-state index in [9.17, 15) is 29.2 Å². The fourth-order valence-corrected chi connectivity index (χ4v) is 9.03. The minimum atomic E-state index is -1.64. The molecule has 2 aliphatic carbocycles. The summed E-state index contributed by atoms with van der Waals surface area (Å²) in [6.45, 7) is 15.8. The highest BCUT2D eigenvalue weighted by Crippen LogP contribution is 2.67. The zero-order chi connectivity index (χ0) is 35.9. The highest BCUT2D eigenvalue weighted by Gasteiger charge is 2.78. The number of nitriles is 1. The topological polar surface area (TPSA) is 168 Å². The Morgan fingerprint density at radius 1 is 0.816 bits per heavy atom. The van der Waals surface area contributed by atoms with Gasteiger partial charge in [0.15, 0.2) is 12.2 Å². The summed E-state index contributed by atoms with van der Waals surface area (Å²) in [4.78, 5) is 68.8. The number of nitrogens with zero attached hydrogens (tertiary/aromatic N) is 1. The van der Waals surface area contributed by atoms with Gasteiger partial charge in [-0.05, 0) is 65.5 Å². The van der Waals surface area contributed by atoms with Crippen molar-refractivity contribution < 1.29 is 47.3 Å². The molecule has 12 nitrogen and oxygen atoms in total. The van der Waals surface area contributed by atoms with Crippen molar-refractivity contribution in [3.8, 4) is 11.8 Å². The molecule has 6 atom stereocenters. The van der Waals surface area contributed by atoms with Gasteiger partial charge in [0.25, 0.3) is 0 Å². The Morgan fingerprint density at radius 2 is 1.35 bits per heavy atom. The van der Waals surface area contributed by atoms with Crippen LogP contribution in [0.1, 0.15) is 111 Å². The summed E-state index contributed by atoms with van der Waals surface area (Å²) in [6, 6.07) is 4.93. The first-order valence-electron chi connectivity index (χ1n) is 16.8. The zero-order valence-electron chi connectivity index (χ0n) is 29.3. The number of hydrogen-bond donors (Lipinski definition) is 0. The van der Waals surface area contributed by atoms with E-state index in [0.29, 0.717) is 12.8 Å². The third-order valence-corrected chi connectivity index (χ3v) is 13.5. The van der Waals surface area contributed by atoms with Gasteiger partial charge in [0, 0.05) is 17.3 Å². The highest BCUT2D eigenvalue weighted by atomic mass is 16.7. The van der Waals surface area contributed by atoms with Crippen molar-refractivity contribution in [2.24, 2.45) is 21.7 Å². The number of rotatable bonds is 5. The van der Waals surface area contributed by atoms with Crippen LogP contribution in [0.5, 0.6) is 5.75 Å². The van der Waals surface area contributed by atoms with E-state index in [4.69, 9.17) is 28.1 Å². The first-order chi connectivity index (χ1) is 22.7. The molecule has 0 amide bonds. The summed E-state index contributed by atoms with van der Waals surface area (Å²) in [6.07, 6.45) is -1.34. The molecule has 1 aromatic carbocycles. The van der Waals surface area contributed by atoms with Crippen LogP contribution in [-0.2, 0) is 44.5 Å². The standard InChI is InChI=1S/C37H41NO11/c1-10-20-19(17-38)23(39)18-11-12-21-22(24(18)44-20)25(45-29(42)36-15-13-34(8,27(40)48-36)32(36,4)5)26(31(2,3)47-21)46-30(43)37-16-14-35(9,28(41)49-37)33(37,6)7/h11-12,25-26H,10,13-16H2,1-9H3/t25-,26-,34+,35+,36-,37-/m1/s1. The number of fused-ring (bicyclic) bond motifs is 7. The number of benzene rings is 1. The smallest absolute Gasteiger partial charge is 0.351 e. The van der Waals surface area contributed by atoms with Gasteiger partial charge in [-0.2, -0.15) is 5.26 Å². The molecule has 2 saturated carbocycles. The van der Waals surface area contributed by atoms with E-state index in [2.05, 4.69) is 0 Å². The number of carbonyl (C=O) groups is 4. The highest BCUT2D eigenvalue weighted by molar-refractivity contribution is 5.95. The van der Waals surface area contributed by atoms with Gasteiger partial charge in [-0.3, -0.25) is 14.4 Å². The van der Waals surface area contributed by atoms with E-state index in [0.717, 1.165) is 0 Å². The molecule has 5 aliphatic rings. The quantitative estimate of drug-likeness (QED) is 0.303. The van der Waals surface area contributed by atoms with Gasteiger partial charge in [-0.15, -0.1) is 0 Å². The Balaban J connectivity index is 1.40. The Bertz CT molecular complexity index is 2000. The van der Waals surface area contributed by atoms with Crippen LogP contribution in [0.4, 0.5) is 0 Å². The van der Waals surface area contributed by atoms with Crippen LogP contribution in [0.2, 0.25) is 0 Å². The van der Waals surface area contributed by atoms with Crippen LogP contribution in [0, 0.1) is 33.0 Å². The fraction of sp³-hybridized carbons (Fsp3) is 0.622. The second-order valence-electron chi connectivity index (χ2n) is 16.3. The van der Waals surface area contributed by atoms with Crippen LogP contribution in [0.25, 0.3) is 11.0 Å². The third-order valence-electron chi connectivity index (χ3n) is 13.5. The lowest BCUT2D eigenvalue weighted by Crippen LogP contribution is -2.57. The molecule has 0 N–H and O–H groups in total. The lowest BCUT2D eigenvalue weighted by atomic mass is 9.66. The first kappa shape index (κ1) is 33.1. The molecule has 4 fully saturated rings. The van der Waals surface area contributed by atoms with Crippen LogP contribution in [-0.4, -0.2) is 46.8 Å². The molecule has 2 aromatic rings. The summed E-state index contributed by atoms with van der Waals surface area (Å²) < 4.78 is 37.1. The monoisotopic (exact) mass is 675 g/mol. The molecule has 0 radical (unpaired) electrons. The molecule has 3 aliphatic heterocycles. The largest absolute Gasteiger partial charge is 0.483 e. The maximum atomic E-state index is 14.6. The number of esters is 4. The Labute approximate surface area is 283 Å². The number of ether oxygens (including phenoxy) is 5. The zero-order valence-corrected chi connectivity index (χ0v) is 29.3. The van der Waals surface area contributed by atoms with E-state index in [-0.39, 0.29) is 52.9 Å². The van der Waals surface area contributed by atoms with Crippen molar-refractivity contribution >= 4 is 34.8 Å². The SMILES string of the molecule is CCc1oc2c3c(ccc2c(=O)c1C#N)OC(C)(C)[C@H](OC(=O)[C@@]12CC[C@@](C)(C(=O)O1)C2(C)C)[C@@H]3OC(=O)[C@@]12CC[C@@](C)(C(=O)O1)C2(C)C. The summed E-state index contributed by atoms with van der Waals surface area (Å²) in [5.41, 5.74) is -8.94. The van der Waals surface area contributed by atoms with Crippen LogP contribution >= 0.6 is 0 Å². The van der Waals surface area contributed by atoms with Crippen LogP contribution < -0.4 is 10.2 Å². The molecule has 4 bridgehead atoms. The van der Waals surface area contributed by atoms with Crippen molar-refractivity contribution in [1.82, 2.24) is 0 Å². The second kappa shape index (κ2) is 9.64. The number of aryl methyl sites for hydroxylation is 1. The molecule has 4 heterocycles. The maximum absolute atomic E-state index is 14.6. The lowest BCUT2D eigenvalue weighted by molar-refractivity contribution is -0.217. The molecule has 0 spiro atoms. The molecule has 0 unspecified atom stereocenters. The van der Waals surface area contributed by atoms with Crippen LogP contribution in [0.3, 0.4) is 0 Å². The van der Waals surface area contributed by atoms with E-state index in [1.54, 1.807) is 62.3 Å². The maximum Gasteiger partial charge on any atom is 0.351 e. The van der Waals surface area contributed by atoms with Gasteiger partial charge in [0.1, 0.15) is 34.3 Å². The summed E-state index contributed by atoms with van der Waals surface area (Å²) >= 11 is 0. The Kier molecular flexibility index (Phi) is 6.51. The minimum Gasteiger partial charge on any atom is -0.483 e. The van der Waals surface area contributed by atoms with E-state index >= 15 is 0 Å². The molecule has 12 heteroatoms. The molecular weight excluding hydrogens is 634 g/mol. The van der Waals surface area contributed by atoms with Gasteiger partial charge in [-0.1, -0.05) is 34.6 Å². The van der Waals surface area contributed by atoms with Gasteiger partial charge in [0.2, 0.25) is 16.6 Å². The first-order valence-corrected chi connectivity index (χ1v) is 16.8. The second-order valence-corrected chi connectivity index (χ2v) is 16.3. The van der Waals surface area contributed by atoms with Crippen molar-refractivity contribution in [3.63, 3.8) is 0 Å². The van der Waals surface area contributed by atoms with E-state index in [1.807, 2.05) is 6.07 Å².